The molecule has 0 rings (SSSR count). The molecule has 0 saturated carbocycles. The Kier molecular flexibility index (Phi) is 16.5. The summed E-state index contributed by atoms with van der Waals surface area (Å²) < 4.78 is 17.3. The van der Waals surface area contributed by atoms with E-state index in [2.05, 4.69) is 55.4 Å². The summed E-state index contributed by atoms with van der Waals surface area (Å²) in [5.41, 5.74) is 0.848. The number of hydrogen-bond donors (Lipinski definition) is 0. The lowest BCUT2D eigenvalue weighted by atomic mass is 9.84. The first-order chi connectivity index (χ1) is 13.5. The molecule has 3 nitrogen and oxygen atoms in total. The molecule has 2 atom stereocenters. The topological polar surface area (TPSA) is 27.7 Å². The van der Waals surface area contributed by atoms with Gasteiger partial charge in [0.15, 0.2) is 0 Å². The first kappa shape index (κ1) is 28.9. The van der Waals surface area contributed by atoms with Gasteiger partial charge in [0.2, 0.25) is 0 Å². The molecule has 0 aliphatic heterocycles. The molecule has 0 saturated heterocycles. The number of hydrogen-bond acceptors (Lipinski definition) is 3. The Morgan fingerprint density at radius 2 is 0.759 bits per heavy atom. The standard InChI is InChI=1S/C26H54O3/c1-23(21-25(3,4)5)13-19-28-17-11-9-15-27-16-10-12-18-29-20-14-24(2)22-26(6,7)8/h23-24H,9-22H2,1-8H3. The lowest BCUT2D eigenvalue weighted by molar-refractivity contribution is 0.0832. The van der Waals surface area contributed by atoms with Gasteiger partial charge in [-0.15, -0.1) is 0 Å². The van der Waals surface area contributed by atoms with Crippen LogP contribution in [0.1, 0.15) is 107 Å². The smallest absolute Gasteiger partial charge is 0.0468 e. The van der Waals surface area contributed by atoms with Gasteiger partial charge in [-0.2, -0.15) is 0 Å². The third-order valence-electron chi connectivity index (χ3n) is 5.09. The molecular formula is C26H54O3. The minimum absolute atomic E-state index is 0.424. The van der Waals surface area contributed by atoms with Crippen molar-refractivity contribution in [2.45, 2.75) is 107 Å². The maximum atomic E-state index is 5.77. The van der Waals surface area contributed by atoms with Crippen LogP contribution >= 0.6 is 0 Å². The molecule has 29 heavy (non-hydrogen) atoms. The third-order valence-corrected chi connectivity index (χ3v) is 5.09. The molecule has 0 spiro atoms. The van der Waals surface area contributed by atoms with E-state index in [-0.39, 0.29) is 0 Å². The van der Waals surface area contributed by atoms with Crippen LogP contribution < -0.4 is 0 Å². The van der Waals surface area contributed by atoms with Crippen LogP contribution in [0, 0.1) is 22.7 Å². The van der Waals surface area contributed by atoms with Crippen LogP contribution in [0.3, 0.4) is 0 Å². The van der Waals surface area contributed by atoms with Crippen molar-refractivity contribution in [3.05, 3.63) is 0 Å². The van der Waals surface area contributed by atoms with Crippen molar-refractivity contribution >= 4 is 0 Å². The van der Waals surface area contributed by atoms with Gasteiger partial charge in [0, 0.05) is 39.6 Å². The lowest BCUT2D eigenvalue weighted by Gasteiger charge is -2.23. The molecule has 0 aliphatic carbocycles. The van der Waals surface area contributed by atoms with Gasteiger partial charge < -0.3 is 14.2 Å². The van der Waals surface area contributed by atoms with Crippen LogP contribution in [-0.2, 0) is 14.2 Å². The summed E-state index contributed by atoms with van der Waals surface area (Å²) >= 11 is 0. The van der Waals surface area contributed by atoms with Crippen molar-refractivity contribution in [2.24, 2.45) is 22.7 Å². The van der Waals surface area contributed by atoms with E-state index in [0.717, 1.165) is 77.2 Å². The minimum Gasteiger partial charge on any atom is -0.381 e. The van der Waals surface area contributed by atoms with Crippen molar-refractivity contribution in [1.82, 2.24) is 0 Å². The van der Waals surface area contributed by atoms with E-state index in [1.165, 1.54) is 25.7 Å². The zero-order valence-electron chi connectivity index (χ0n) is 21.3. The van der Waals surface area contributed by atoms with E-state index < -0.39 is 0 Å². The van der Waals surface area contributed by atoms with Crippen molar-refractivity contribution in [1.29, 1.82) is 0 Å². The minimum atomic E-state index is 0.424. The molecule has 0 aliphatic rings. The predicted molar refractivity (Wildman–Crippen MR) is 127 cm³/mol. The zero-order valence-corrected chi connectivity index (χ0v) is 21.3. The van der Waals surface area contributed by atoms with Crippen LogP contribution in [0.15, 0.2) is 0 Å². The molecule has 0 heterocycles. The molecule has 0 aromatic rings. The van der Waals surface area contributed by atoms with E-state index in [0.29, 0.717) is 10.8 Å². The van der Waals surface area contributed by atoms with E-state index in [1.54, 1.807) is 0 Å². The molecular weight excluding hydrogens is 360 g/mol. The highest BCUT2D eigenvalue weighted by Crippen LogP contribution is 2.26. The van der Waals surface area contributed by atoms with Gasteiger partial charge in [-0.05, 0) is 74.0 Å². The predicted octanol–water partition coefficient (Wildman–Crippen LogP) is 7.52. The van der Waals surface area contributed by atoms with Crippen molar-refractivity contribution in [3.63, 3.8) is 0 Å². The second kappa shape index (κ2) is 16.6. The average molecular weight is 415 g/mol. The molecule has 2 unspecified atom stereocenters. The molecule has 0 radical (unpaired) electrons. The van der Waals surface area contributed by atoms with Gasteiger partial charge in [0.05, 0.1) is 0 Å². The quantitative estimate of drug-likeness (QED) is 0.217. The van der Waals surface area contributed by atoms with Gasteiger partial charge in [0.25, 0.3) is 0 Å². The summed E-state index contributed by atoms with van der Waals surface area (Å²) in [5, 5.41) is 0. The SMILES string of the molecule is CC(CCOCCCCOCCCCOCCC(C)CC(C)(C)C)CC(C)(C)C. The van der Waals surface area contributed by atoms with Crippen molar-refractivity contribution in [2.75, 3.05) is 39.6 Å². The number of ether oxygens (including phenoxy) is 3. The summed E-state index contributed by atoms with van der Waals surface area (Å²) in [6.45, 7) is 23.8. The maximum Gasteiger partial charge on any atom is 0.0468 e. The highest BCUT2D eigenvalue weighted by Gasteiger charge is 2.15. The van der Waals surface area contributed by atoms with E-state index in [9.17, 15) is 0 Å². The van der Waals surface area contributed by atoms with Crippen LogP contribution in [-0.4, -0.2) is 39.6 Å². The molecule has 176 valence electrons. The Hall–Kier alpha value is -0.120. The number of unbranched alkanes of at least 4 members (excludes halogenated alkanes) is 2. The fourth-order valence-electron chi connectivity index (χ4n) is 3.99. The molecule has 0 N–H and O–H groups in total. The first-order valence-corrected chi connectivity index (χ1v) is 12.2. The Labute approximate surface area is 183 Å². The molecule has 0 aromatic carbocycles. The second-order valence-corrected chi connectivity index (χ2v) is 11.6. The molecule has 0 amide bonds. The van der Waals surface area contributed by atoms with E-state index in [1.807, 2.05) is 0 Å². The van der Waals surface area contributed by atoms with E-state index in [4.69, 9.17) is 14.2 Å². The van der Waals surface area contributed by atoms with Gasteiger partial charge in [-0.3, -0.25) is 0 Å². The van der Waals surface area contributed by atoms with Gasteiger partial charge in [-0.25, -0.2) is 0 Å². The van der Waals surface area contributed by atoms with Crippen LogP contribution in [0.5, 0.6) is 0 Å². The van der Waals surface area contributed by atoms with Crippen LogP contribution in [0.2, 0.25) is 0 Å². The second-order valence-electron chi connectivity index (χ2n) is 11.6. The summed E-state index contributed by atoms with van der Waals surface area (Å²) in [6, 6.07) is 0. The largest absolute Gasteiger partial charge is 0.381 e. The summed E-state index contributed by atoms with van der Waals surface area (Å²) in [7, 11) is 0. The zero-order chi connectivity index (χ0) is 22.2. The highest BCUT2D eigenvalue weighted by atomic mass is 16.5. The van der Waals surface area contributed by atoms with Gasteiger partial charge >= 0.3 is 0 Å². The van der Waals surface area contributed by atoms with Crippen LogP contribution in [0.25, 0.3) is 0 Å². The first-order valence-electron chi connectivity index (χ1n) is 12.2. The fourth-order valence-corrected chi connectivity index (χ4v) is 3.99. The summed E-state index contributed by atoms with van der Waals surface area (Å²) in [5.74, 6) is 1.49. The van der Waals surface area contributed by atoms with Gasteiger partial charge in [-0.1, -0.05) is 55.4 Å². The van der Waals surface area contributed by atoms with E-state index >= 15 is 0 Å². The maximum absolute atomic E-state index is 5.77. The fraction of sp³-hybridized carbons (Fsp3) is 1.00. The Balaban J connectivity index is 3.25. The summed E-state index contributed by atoms with van der Waals surface area (Å²) in [6.07, 6.45) is 9.28. The molecule has 0 fully saturated rings. The summed E-state index contributed by atoms with van der Waals surface area (Å²) in [4.78, 5) is 0. The monoisotopic (exact) mass is 414 g/mol. The van der Waals surface area contributed by atoms with Crippen molar-refractivity contribution in [3.8, 4) is 0 Å². The molecule has 0 bridgehead atoms. The average Bonchev–Trinajstić information content (AvgIpc) is 2.55. The molecule has 3 heteroatoms. The normalized spacial score (nSPS) is 14.9. The Morgan fingerprint density at radius 3 is 1.03 bits per heavy atom. The van der Waals surface area contributed by atoms with Crippen molar-refractivity contribution < 1.29 is 14.2 Å². The lowest BCUT2D eigenvalue weighted by Crippen LogP contribution is -2.13. The Bertz CT molecular complexity index is 320. The molecule has 0 aromatic heterocycles. The number of rotatable bonds is 18. The van der Waals surface area contributed by atoms with Crippen LogP contribution in [0.4, 0.5) is 0 Å². The van der Waals surface area contributed by atoms with Gasteiger partial charge in [0.1, 0.15) is 0 Å². The Morgan fingerprint density at radius 1 is 0.483 bits per heavy atom. The highest BCUT2D eigenvalue weighted by molar-refractivity contribution is 4.66. The third kappa shape index (κ3) is 24.0.